The van der Waals surface area contributed by atoms with Gasteiger partial charge in [0, 0.05) is 24.2 Å². The first-order valence-corrected chi connectivity index (χ1v) is 18.8. The maximum atomic E-state index is 14.2. The van der Waals surface area contributed by atoms with E-state index in [4.69, 9.17) is 11.6 Å². The highest BCUT2D eigenvalue weighted by molar-refractivity contribution is 7.90. The quantitative estimate of drug-likeness (QED) is 0.104. The normalized spacial score (nSPS) is 11.8. The number of sulfonamides is 1. The number of rotatable bonds is 15. The Morgan fingerprint density at radius 2 is 1.58 bits per heavy atom. The summed E-state index contributed by atoms with van der Waals surface area (Å²) in [5.41, 5.74) is -0.102. The molecule has 0 unspecified atom stereocenters. The molecule has 4 aromatic carbocycles. The molecule has 274 valence electrons. The van der Waals surface area contributed by atoms with Crippen LogP contribution in [0.25, 0.3) is 16.8 Å². The Kier molecular flexibility index (Phi) is 12.3. The molecule has 1 amide bonds. The second kappa shape index (κ2) is 16.6. The van der Waals surface area contributed by atoms with Gasteiger partial charge in [-0.1, -0.05) is 99.3 Å². The number of nitrogens with zero attached hydrogens (tertiary/aromatic N) is 3. The highest BCUT2D eigenvalue weighted by atomic mass is 35.5. The number of aryl methyl sites for hydroxylation is 1. The molecule has 5 rings (SSSR count). The highest BCUT2D eigenvalue weighted by Gasteiger charge is 2.35. The lowest BCUT2D eigenvalue weighted by atomic mass is 10.0. The van der Waals surface area contributed by atoms with Gasteiger partial charge < -0.3 is 5.32 Å². The van der Waals surface area contributed by atoms with Gasteiger partial charge in [0.05, 0.1) is 33.3 Å². The zero-order valence-electron chi connectivity index (χ0n) is 28.7. The van der Waals surface area contributed by atoms with Crippen molar-refractivity contribution in [2.24, 2.45) is 0 Å². The fourth-order valence-corrected chi connectivity index (χ4v) is 7.14. The Hall–Kier alpha value is -4.88. The van der Waals surface area contributed by atoms with Gasteiger partial charge in [0.2, 0.25) is 0 Å². The number of benzene rings is 4. The van der Waals surface area contributed by atoms with E-state index >= 15 is 0 Å². The summed E-state index contributed by atoms with van der Waals surface area (Å²) < 4.78 is 73.7. The number of hydrogen-bond acceptors (Lipinski definition) is 6. The summed E-state index contributed by atoms with van der Waals surface area (Å²) in [6.07, 6.45) is -0.0850. The van der Waals surface area contributed by atoms with Gasteiger partial charge in [-0.2, -0.15) is 17.9 Å². The third kappa shape index (κ3) is 8.94. The topological polar surface area (TPSA) is 115 Å². The number of alkyl halides is 3. The van der Waals surface area contributed by atoms with Gasteiger partial charge >= 0.3 is 11.9 Å². The summed E-state index contributed by atoms with van der Waals surface area (Å²) in [6, 6.07) is 22.7. The van der Waals surface area contributed by atoms with Crippen LogP contribution in [-0.2, 0) is 29.2 Å². The number of aromatic nitrogens is 3. The van der Waals surface area contributed by atoms with Gasteiger partial charge in [-0.05, 0) is 60.4 Å². The van der Waals surface area contributed by atoms with E-state index in [-0.39, 0.29) is 27.7 Å². The molecule has 0 spiro atoms. The molecular weight excluding hydrogens is 715 g/mol. The molecule has 0 bridgehead atoms. The summed E-state index contributed by atoms with van der Waals surface area (Å²) in [4.78, 5) is 26.5. The lowest BCUT2D eigenvalue weighted by Crippen LogP contribution is -2.31. The third-order valence-corrected chi connectivity index (χ3v) is 10.2. The smallest absolute Gasteiger partial charge is 0.385 e. The molecule has 0 aliphatic heterocycles. The largest absolute Gasteiger partial charge is 0.418 e. The molecule has 0 aliphatic carbocycles. The Balaban J connectivity index is 1.46. The molecular formula is C38H39ClF3N5O4S. The minimum atomic E-state index is -4.72. The first-order chi connectivity index (χ1) is 24.8. The lowest BCUT2D eigenvalue weighted by molar-refractivity contribution is -0.137. The van der Waals surface area contributed by atoms with E-state index in [0.717, 1.165) is 36.4 Å². The predicted octanol–water partition coefficient (Wildman–Crippen LogP) is 8.48. The van der Waals surface area contributed by atoms with Crippen LogP contribution in [0, 0.1) is 0 Å². The zero-order valence-corrected chi connectivity index (χ0v) is 30.3. The fourth-order valence-electron chi connectivity index (χ4n) is 5.73. The molecule has 2 N–H and O–H groups in total. The summed E-state index contributed by atoms with van der Waals surface area (Å²) >= 11 is 6.10. The Labute approximate surface area is 305 Å². The van der Waals surface area contributed by atoms with Crippen molar-refractivity contribution in [3.8, 4) is 16.8 Å². The highest BCUT2D eigenvalue weighted by Crippen LogP contribution is 2.35. The van der Waals surface area contributed by atoms with Crippen molar-refractivity contribution < 1.29 is 26.4 Å². The van der Waals surface area contributed by atoms with Crippen LogP contribution in [0.1, 0.15) is 73.3 Å². The number of carbonyl (C=O) groups excluding carboxylic acids is 1. The van der Waals surface area contributed by atoms with Gasteiger partial charge in [0.1, 0.15) is 5.82 Å². The summed E-state index contributed by atoms with van der Waals surface area (Å²) in [7, 11) is -4.33. The van der Waals surface area contributed by atoms with Crippen LogP contribution in [0.15, 0.2) is 101 Å². The molecule has 14 heteroatoms. The Morgan fingerprint density at radius 1 is 0.885 bits per heavy atom. The summed E-state index contributed by atoms with van der Waals surface area (Å²) in [5.74, 6) is -0.533. The summed E-state index contributed by atoms with van der Waals surface area (Å²) in [6.45, 7) is 4.62. The van der Waals surface area contributed by atoms with Crippen molar-refractivity contribution in [2.75, 3.05) is 11.9 Å². The van der Waals surface area contributed by atoms with Gasteiger partial charge in [0.25, 0.3) is 15.9 Å². The van der Waals surface area contributed by atoms with Crippen LogP contribution in [-0.4, -0.2) is 35.2 Å². The van der Waals surface area contributed by atoms with Crippen LogP contribution in [0.3, 0.4) is 0 Å². The summed E-state index contributed by atoms with van der Waals surface area (Å²) in [5, 5.41) is 7.68. The van der Waals surface area contributed by atoms with Crippen LogP contribution >= 0.6 is 11.6 Å². The van der Waals surface area contributed by atoms with E-state index in [1.54, 1.807) is 48.5 Å². The third-order valence-electron chi connectivity index (χ3n) is 8.46. The molecule has 1 heterocycles. The van der Waals surface area contributed by atoms with Crippen LogP contribution < -0.4 is 15.7 Å². The van der Waals surface area contributed by atoms with E-state index in [9.17, 15) is 31.2 Å². The first-order valence-electron chi connectivity index (χ1n) is 17.0. The average Bonchev–Trinajstić information content (AvgIpc) is 3.42. The van der Waals surface area contributed by atoms with Crippen molar-refractivity contribution >= 4 is 33.2 Å². The monoisotopic (exact) mass is 753 g/mol. The molecule has 0 fully saturated rings. The van der Waals surface area contributed by atoms with Gasteiger partial charge in [-0.15, -0.1) is 5.10 Å². The van der Waals surface area contributed by atoms with Gasteiger partial charge in [-0.3, -0.25) is 9.36 Å². The van der Waals surface area contributed by atoms with Crippen LogP contribution in [0.5, 0.6) is 0 Å². The molecule has 9 nitrogen and oxygen atoms in total. The minimum Gasteiger partial charge on any atom is -0.385 e. The zero-order chi connectivity index (χ0) is 37.5. The predicted molar refractivity (Wildman–Crippen MR) is 197 cm³/mol. The molecule has 0 saturated heterocycles. The minimum absolute atomic E-state index is 0.00727. The molecule has 0 radical (unpaired) electrons. The molecule has 0 atom stereocenters. The Morgan fingerprint density at radius 3 is 2.27 bits per heavy atom. The average molecular weight is 754 g/mol. The number of amides is 1. The van der Waals surface area contributed by atoms with Gasteiger partial charge in [0.15, 0.2) is 0 Å². The van der Waals surface area contributed by atoms with E-state index in [2.05, 4.69) is 22.1 Å². The fraction of sp³-hybridized carbons (Fsp3) is 0.289. The number of unbranched alkanes of at least 4 members (excludes halogenated alkanes) is 3. The molecule has 1 aromatic heterocycles. The number of hydrogen-bond donors (Lipinski definition) is 2. The molecule has 52 heavy (non-hydrogen) atoms. The van der Waals surface area contributed by atoms with Crippen molar-refractivity contribution in [1.82, 2.24) is 19.1 Å². The van der Waals surface area contributed by atoms with Crippen LogP contribution in [0.4, 0.5) is 18.9 Å². The second-order valence-corrected chi connectivity index (χ2v) is 14.3. The van der Waals surface area contributed by atoms with Crippen molar-refractivity contribution in [3.63, 3.8) is 0 Å². The van der Waals surface area contributed by atoms with Crippen LogP contribution in [0.2, 0.25) is 5.02 Å². The van der Waals surface area contributed by atoms with Crippen molar-refractivity contribution in [3.05, 3.63) is 129 Å². The second-order valence-electron chi connectivity index (χ2n) is 12.3. The standard InChI is InChI=1S/C38H39ClF3N5O4S/c1-3-5-11-23-43-28-21-22-31(38(40,41)42)33(24-28)47-37(49)46(35(44-47)16-6-4-2)25-26-17-19-27(20-18-26)29-12-8-10-15-34(29)52(50,51)45-36(48)30-13-7-9-14-32(30)39/h7-10,12-15,17-22,24,43H,3-6,11,16,23,25H2,1-2H3,(H,45,48). The van der Waals surface area contributed by atoms with E-state index in [1.807, 2.05) is 6.92 Å². The Bertz CT molecular complexity index is 2200. The van der Waals surface area contributed by atoms with Crippen molar-refractivity contribution in [2.45, 2.75) is 70.0 Å². The number of nitrogens with one attached hydrogen (secondary N) is 2. The maximum absolute atomic E-state index is 14.2. The molecule has 5 aromatic rings. The number of carbonyl (C=O) groups is 1. The van der Waals surface area contributed by atoms with Crippen molar-refractivity contribution in [1.29, 1.82) is 0 Å². The van der Waals surface area contributed by atoms with E-state index < -0.39 is 33.4 Å². The SMILES string of the molecule is CCCCCNc1ccc(C(F)(F)F)c(-n2nc(CCCC)n(Cc3ccc(-c4ccccc4S(=O)(=O)NC(=O)c4ccccc4Cl)cc3)c2=O)c1. The first kappa shape index (κ1) is 38.4. The lowest BCUT2D eigenvalue weighted by Gasteiger charge is -2.14. The van der Waals surface area contributed by atoms with Gasteiger partial charge in [-0.25, -0.2) is 17.9 Å². The molecule has 0 saturated carbocycles. The number of anilines is 1. The van der Waals surface area contributed by atoms with E-state index in [1.165, 1.54) is 41.0 Å². The molecule has 0 aliphatic rings. The number of halogens is 4. The van der Waals surface area contributed by atoms with E-state index in [0.29, 0.717) is 47.6 Å². The maximum Gasteiger partial charge on any atom is 0.418 e.